The monoisotopic (exact) mass is 554 g/mol. The van der Waals surface area contributed by atoms with Crippen molar-refractivity contribution in [3.63, 3.8) is 0 Å². The lowest BCUT2D eigenvalue weighted by molar-refractivity contribution is -0.409. The Hall–Kier alpha value is -0.970. The van der Waals surface area contributed by atoms with Gasteiger partial charge in [0.15, 0.2) is 6.04 Å². The molecule has 0 saturated heterocycles. The van der Waals surface area contributed by atoms with Crippen molar-refractivity contribution in [2.24, 2.45) is 0 Å². The molecule has 0 amide bonds. The summed E-state index contributed by atoms with van der Waals surface area (Å²) >= 11 is 0. The molecule has 0 fully saturated rings. The minimum Gasteiger partial charge on any atom is -1.00 e. The lowest BCUT2D eigenvalue weighted by atomic mass is 10.1. The molecule has 0 spiro atoms. The second kappa shape index (κ2) is 26.6. The van der Waals surface area contributed by atoms with E-state index in [1.165, 1.54) is 58.5 Å². The summed E-state index contributed by atoms with van der Waals surface area (Å²) in [6, 6.07) is -0.420. The number of aliphatic hydroxyl groups excluding tert-OH is 3. The summed E-state index contributed by atoms with van der Waals surface area (Å²) in [5.74, 6) is -0.635. The number of carbonyl (C=O) groups is 2. The maximum Gasteiger partial charge on any atom is 0.364 e. The van der Waals surface area contributed by atoms with E-state index in [-0.39, 0.29) is 50.6 Å². The highest BCUT2D eigenvalue weighted by Gasteiger charge is 2.19. The first-order valence-electron chi connectivity index (χ1n) is 14.1. The summed E-state index contributed by atoms with van der Waals surface area (Å²) in [6.07, 6.45) is 14.0. The van der Waals surface area contributed by atoms with Crippen molar-refractivity contribution >= 4 is 11.9 Å². The zero-order chi connectivity index (χ0) is 27.0. The molecular weight excluding hydrogens is 500 g/mol. The quantitative estimate of drug-likeness (QED) is 0.0848. The van der Waals surface area contributed by atoms with Gasteiger partial charge < -0.3 is 42.9 Å². The predicted octanol–water partition coefficient (Wildman–Crippen LogP) is -0.795. The topological polar surface area (TPSA) is 144 Å². The van der Waals surface area contributed by atoms with E-state index in [4.69, 9.17) is 9.84 Å². The zero-order valence-electron chi connectivity index (χ0n) is 23.4. The Labute approximate surface area is 230 Å². The van der Waals surface area contributed by atoms with E-state index >= 15 is 0 Å². The van der Waals surface area contributed by atoms with Gasteiger partial charge in [-0.05, 0) is 25.8 Å². The SMILES string of the molecule is CCCCCCCCCCCCCC(=O)OCC(O)CN(CCCCC([NH3+])C(=O)OC)CC(O)CO.[Cl-]. The van der Waals surface area contributed by atoms with Crippen LogP contribution in [0.1, 0.15) is 103 Å². The van der Waals surface area contributed by atoms with Crippen molar-refractivity contribution in [3.05, 3.63) is 0 Å². The van der Waals surface area contributed by atoms with Crippen LogP contribution >= 0.6 is 0 Å². The van der Waals surface area contributed by atoms with Crippen LogP contribution in [0.2, 0.25) is 0 Å². The third kappa shape index (κ3) is 23.8. The van der Waals surface area contributed by atoms with E-state index in [9.17, 15) is 19.8 Å². The summed E-state index contributed by atoms with van der Waals surface area (Å²) in [5.41, 5.74) is 3.78. The minimum atomic E-state index is -0.920. The molecule has 0 radical (unpaired) electrons. The first kappa shape index (κ1) is 38.2. The molecule has 10 heteroatoms. The maximum atomic E-state index is 12.0. The van der Waals surface area contributed by atoms with E-state index in [0.29, 0.717) is 19.4 Å². The van der Waals surface area contributed by atoms with Crippen LogP contribution in [0, 0.1) is 0 Å². The van der Waals surface area contributed by atoms with Crippen molar-refractivity contribution in [3.8, 4) is 0 Å². The number of esters is 2. The number of nitrogens with zero attached hydrogens (tertiary/aromatic N) is 1. The molecule has 0 aromatic rings. The largest absolute Gasteiger partial charge is 1.00 e. The normalized spacial score (nSPS) is 13.6. The molecule has 9 nitrogen and oxygen atoms in total. The molecule has 0 saturated carbocycles. The summed E-state index contributed by atoms with van der Waals surface area (Å²) in [5, 5.41) is 29.3. The number of methoxy groups -OCH3 is 1. The van der Waals surface area contributed by atoms with E-state index in [1.807, 2.05) is 4.90 Å². The van der Waals surface area contributed by atoms with Crippen molar-refractivity contribution in [1.29, 1.82) is 0 Å². The standard InChI is InChI=1S/C27H54N2O7.ClH/c1-3-4-5-6-7-8-9-10-11-12-13-17-26(33)36-22-24(32)20-29(19-23(31)21-30)18-15-14-16-25(28)27(34)35-2;/h23-25,30-32H,3-22,28H2,1-2H3;1H. The Morgan fingerprint density at radius 2 is 1.38 bits per heavy atom. The van der Waals surface area contributed by atoms with Crippen molar-refractivity contribution in [1.82, 2.24) is 4.90 Å². The van der Waals surface area contributed by atoms with Crippen molar-refractivity contribution < 1.29 is 52.5 Å². The Morgan fingerprint density at radius 3 is 1.92 bits per heavy atom. The molecule has 0 rings (SSSR count). The van der Waals surface area contributed by atoms with Crippen LogP contribution < -0.4 is 18.1 Å². The number of halogens is 1. The van der Waals surface area contributed by atoms with Gasteiger partial charge in [0.2, 0.25) is 0 Å². The van der Waals surface area contributed by atoms with Crippen LogP contribution in [0.5, 0.6) is 0 Å². The molecule has 0 aromatic heterocycles. The number of carbonyl (C=O) groups excluding carboxylic acids is 2. The van der Waals surface area contributed by atoms with E-state index in [1.54, 1.807) is 0 Å². The zero-order valence-corrected chi connectivity index (χ0v) is 24.1. The Morgan fingerprint density at radius 1 is 0.838 bits per heavy atom. The minimum absolute atomic E-state index is 0. The van der Waals surface area contributed by atoms with Crippen LogP contribution in [0.15, 0.2) is 0 Å². The lowest BCUT2D eigenvalue weighted by Crippen LogP contribution is -3.00. The molecule has 0 aliphatic carbocycles. The van der Waals surface area contributed by atoms with Crippen molar-refractivity contribution in [2.75, 3.05) is 40.0 Å². The number of hydrogen-bond donors (Lipinski definition) is 4. The van der Waals surface area contributed by atoms with Gasteiger partial charge in [-0.3, -0.25) is 9.69 Å². The maximum absolute atomic E-state index is 12.0. The number of hydrogen-bond acceptors (Lipinski definition) is 8. The highest BCUT2D eigenvalue weighted by atomic mass is 35.5. The number of rotatable bonds is 25. The molecule has 0 bridgehead atoms. The second-order valence-electron chi connectivity index (χ2n) is 9.93. The van der Waals surface area contributed by atoms with Crippen LogP contribution in [0.4, 0.5) is 0 Å². The second-order valence-corrected chi connectivity index (χ2v) is 9.93. The van der Waals surface area contributed by atoms with Gasteiger partial charge >= 0.3 is 11.9 Å². The van der Waals surface area contributed by atoms with Gasteiger partial charge in [0.05, 0.1) is 19.8 Å². The van der Waals surface area contributed by atoms with E-state index in [2.05, 4.69) is 17.4 Å². The van der Waals surface area contributed by atoms with Gasteiger partial charge in [0.25, 0.3) is 0 Å². The van der Waals surface area contributed by atoms with Gasteiger partial charge in [-0.1, -0.05) is 71.1 Å². The Bertz CT molecular complexity index is 543. The Balaban J connectivity index is 0. The average Bonchev–Trinajstić information content (AvgIpc) is 2.87. The van der Waals surface area contributed by atoms with Gasteiger partial charge in [-0.25, -0.2) is 4.79 Å². The molecule has 3 unspecified atom stereocenters. The highest BCUT2D eigenvalue weighted by Crippen LogP contribution is 2.12. The Kier molecular flexibility index (Phi) is 27.5. The fourth-order valence-electron chi connectivity index (χ4n) is 4.17. The van der Waals surface area contributed by atoms with Gasteiger partial charge in [0.1, 0.15) is 12.7 Å². The van der Waals surface area contributed by atoms with Gasteiger partial charge in [0, 0.05) is 25.9 Å². The molecule has 3 atom stereocenters. The molecule has 6 N–H and O–H groups in total. The summed E-state index contributed by atoms with van der Waals surface area (Å²) < 4.78 is 9.91. The lowest BCUT2D eigenvalue weighted by Gasteiger charge is -2.26. The van der Waals surface area contributed by atoms with Crippen LogP contribution in [0.25, 0.3) is 0 Å². The third-order valence-electron chi connectivity index (χ3n) is 6.38. The highest BCUT2D eigenvalue weighted by molar-refractivity contribution is 5.73. The van der Waals surface area contributed by atoms with Gasteiger partial charge in [-0.15, -0.1) is 0 Å². The molecule has 222 valence electrons. The number of ether oxygens (including phenoxy) is 2. The molecule has 0 aliphatic rings. The van der Waals surface area contributed by atoms with Gasteiger partial charge in [-0.2, -0.15) is 0 Å². The molecule has 0 heterocycles. The van der Waals surface area contributed by atoms with Crippen LogP contribution in [-0.4, -0.2) is 90.4 Å². The molecule has 0 aromatic carbocycles. The smallest absolute Gasteiger partial charge is 0.364 e. The third-order valence-corrected chi connectivity index (χ3v) is 6.38. The fourth-order valence-corrected chi connectivity index (χ4v) is 4.17. The van der Waals surface area contributed by atoms with Crippen LogP contribution in [0.3, 0.4) is 0 Å². The molecular formula is C27H55ClN2O7. The first-order valence-corrected chi connectivity index (χ1v) is 14.1. The van der Waals surface area contributed by atoms with Crippen molar-refractivity contribution in [2.45, 2.75) is 121 Å². The molecule has 0 aliphatic heterocycles. The number of aliphatic hydroxyl groups is 3. The predicted molar refractivity (Wildman–Crippen MR) is 140 cm³/mol. The summed E-state index contributed by atoms with van der Waals surface area (Å²) in [4.78, 5) is 25.3. The summed E-state index contributed by atoms with van der Waals surface area (Å²) in [6.45, 7) is 2.75. The van der Waals surface area contributed by atoms with E-state index in [0.717, 1.165) is 32.1 Å². The first-order chi connectivity index (χ1) is 17.3. The molecule has 37 heavy (non-hydrogen) atoms. The summed E-state index contributed by atoms with van der Waals surface area (Å²) in [7, 11) is 1.34. The number of quaternary nitrogens is 1. The van der Waals surface area contributed by atoms with E-state index < -0.39 is 18.2 Å². The average molecular weight is 555 g/mol. The number of unbranched alkanes of at least 4 members (excludes halogenated alkanes) is 11. The fraction of sp³-hybridized carbons (Fsp3) is 0.926. The van der Waals surface area contributed by atoms with Crippen LogP contribution in [-0.2, 0) is 19.1 Å².